The fourth-order valence-corrected chi connectivity index (χ4v) is 5.37. The quantitative estimate of drug-likeness (QED) is 0.275. The van der Waals surface area contributed by atoms with E-state index in [0.29, 0.717) is 6.04 Å². The fourth-order valence-electron chi connectivity index (χ4n) is 5.26. The molecule has 1 aromatic heterocycles. The number of aromatic nitrogens is 2. The Labute approximate surface area is 212 Å². The van der Waals surface area contributed by atoms with E-state index in [1.54, 1.807) is 0 Å². The highest BCUT2D eigenvalue weighted by atomic mass is 35.5. The molecule has 0 aliphatic carbocycles. The van der Waals surface area contributed by atoms with E-state index in [1.807, 2.05) is 0 Å². The summed E-state index contributed by atoms with van der Waals surface area (Å²) in [5, 5.41) is 18.1. The Morgan fingerprint density at radius 3 is 2.81 bits per heavy atom. The molecule has 4 rings (SSSR count). The predicted octanol–water partition coefficient (Wildman–Crippen LogP) is 5.21. The van der Waals surface area contributed by atoms with Gasteiger partial charge in [-0.25, -0.2) is 9.37 Å². The molecule has 7 nitrogen and oxygen atoms in total. The Bertz CT molecular complexity index is 1070. The number of rotatable bonds is 8. The van der Waals surface area contributed by atoms with Gasteiger partial charge >= 0.3 is 6.18 Å². The molecule has 0 saturated carbocycles. The molecule has 36 heavy (non-hydrogen) atoms. The third-order valence-electron chi connectivity index (χ3n) is 6.83. The van der Waals surface area contributed by atoms with E-state index < -0.39 is 23.7 Å². The summed E-state index contributed by atoms with van der Waals surface area (Å²) in [6, 6.07) is 4.03. The van der Waals surface area contributed by atoms with Gasteiger partial charge in [-0.1, -0.05) is 0 Å². The van der Waals surface area contributed by atoms with Crippen molar-refractivity contribution in [1.82, 2.24) is 14.9 Å². The van der Waals surface area contributed by atoms with Crippen LogP contribution in [-0.4, -0.2) is 62.7 Å². The zero-order chi connectivity index (χ0) is 26.1. The van der Waals surface area contributed by atoms with Crippen molar-refractivity contribution in [3.8, 4) is 0 Å². The number of alkyl halides is 4. The molecule has 3 atom stereocenters. The molecule has 0 spiro atoms. The first-order valence-electron chi connectivity index (χ1n) is 12.0. The van der Waals surface area contributed by atoms with Crippen LogP contribution in [0.4, 0.5) is 40.7 Å². The summed E-state index contributed by atoms with van der Waals surface area (Å²) in [7, 11) is 0. The van der Waals surface area contributed by atoms with Gasteiger partial charge in [0, 0.05) is 35.5 Å². The minimum Gasteiger partial charge on any atom is -0.390 e. The van der Waals surface area contributed by atoms with Crippen molar-refractivity contribution in [2.24, 2.45) is 0 Å². The summed E-state index contributed by atoms with van der Waals surface area (Å²) in [6.07, 6.45) is -0.688. The number of hydrogen-bond acceptors (Lipinski definition) is 7. The van der Waals surface area contributed by atoms with Gasteiger partial charge in [-0.05, 0) is 64.3 Å². The number of nitrogens with one attached hydrogen (secondary N) is 3. The lowest BCUT2D eigenvalue weighted by Gasteiger charge is -2.47. The molecule has 3 heterocycles. The lowest BCUT2D eigenvalue weighted by atomic mass is 9.84. The molecule has 4 N–H and O–H groups in total. The van der Waals surface area contributed by atoms with Crippen molar-refractivity contribution < 1.29 is 22.7 Å². The van der Waals surface area contributed by atoms with Gasteiger partial charge < -0.3 is 21.1 Å². The molecular formula is C24H31ClF4N6O. The topological polar surface area (TPSA) is 85.3 Å². The second kappa shape index (κ2) is 10.5. The molecule has 2 aliphatic heterocycles. The fraction of sp³-hybridized carbons (Fsp3) is 0.583. The van der Waals surface area contributed by atoms with Crippen LogP contribution in [-0.2, 0) is 6.18 Å². The van der Waals surface area contributed by atoms with Crippen LogP contribution >= 0.6 is 11.6 Å². The van der Waals surface area contributed by atoms with Gasteiger partial charge in [0.2, 0.25) is 5.95 Å². The molecule has 2 aromatic rings. The molecule has 12 heteroatoms. The number of nitrogens with zero attached hydrogens (tertiary/aromatic N) is 3. The Morgan fingerprint density at radius 1 is 1.31 bits per heavy atom. The summed E-state index contributed by atoms with van der Waals surface area (Å²) >= 11 is 5.52. The van der Waals surface area contributed by atoms with Gasteiger partial charge in [-0.15, -0.1) is 11.6 Å². The zero-order valence-corrected chi connectivity index (χ0v) is 20.9. The maximum atomic E-state index is 14.6. The van der Waals surface area contributed by atoms with Crippen molar-refractivity contribution in [3.05, 3.63) is 35.8 Å². The van der Waals surface area contributed by atoms with Crippen molar-refractivity contribution in [2.45, 2.75) is 69.4 Å². The van der Waals surface area contributed by atoms with E-state index in [4.69, 9.17) is 11.6 Å². The number of halogens is 5. The minimum atomic E-state index is -4.65. The van der Waals surface area contributed by atoms with Gasteiger partial charge in [0.25, 0.3) is 0 Å². The zero-order valence-electron chi connectivity index (χ0n) is 20.2. The predicted molar refractivity (Wildman–Crippen MR) is 132 cm³/mol. The molecular weight excluding hydrogens is 500 g/mol. The average Bonchev–Trinajstić information content (AvgIpc) is 3.29. The minimum absolute atomic E-state index is 0.0159. The molecule has 0 bridgehead atoms. The molecule has 2 aliphatic rings. The van der Waals surface area contributed by atoms with Crippen LogP contribution in [0, 0.1) is 5.82 Å². The second-order valence-corrected chi connectivity index (χ2v) is 10.4. The normalized spacial score (nSPS) is 22.7. The van der Waals surface area contributed by atoms with Crippen LogP contribution < -0.4 is 16.0 Å². The lowest BCUT2D eigenvalue weighted by molar-refractivity contribution is -0.136. The maximum Gasteiger partial charge on any atom is 0.418 e. The number of hydrogen-bond donors (Lipinski definition) is 4. The van der Waals surface area contributed by atoms with E-state index in [9.17, 15) is 22.7 Å². The van der Waals surface area contributed by atoms with Crippen LogP contribution in [0.15, 0.2) is 24.4 Å². The number of aliphatic hydroxyl groups is 1. The van der Waals surface area contributed by atoms with Gasteiger partial charge in [0.05, 0.1) is 23.7 Å². The monoisotopic (exact) mass is 530 g/mol. The summed E-state index contributed by atoms with van der Waals surface area (Å²) < 4.78 is 55.5. The second-order valence-electron chi connectivity index (χ2n) is 10.0. The van der Waals surface area contributed by atoms with E-state index in [0.717, 1.165) is 44.5 Å². The first-order valence-corrected chi connectivity index (χ1v) is 12.5. The van der Waals surface area contributed by atoms with Crippen LogP contribution in [0.3, 0.4) is 0 Å². The summed E-state index contributed by atoms with van der Waals surface area (Å²) in [5.41, 5.74) is -1.06. The number of piperidine rings is 1. The summed E-state index contributed by atoms with van der Waals surface area (Å²) in [5.74, 6) is -0.739. The molecule has 1 aromatic carbocycles. The standard InChI is InChI=1S/C24H31ClF4N6O/c1-23(2)10-15(8-16-4-3-7-35(16)23)32-21-19(26)13-31-22(34-21)33-14-5-6-20(30-12-17(36)11-25)18(9-14)24(27,28)29/h5-6,9,13,15-17,30,36H,3-4,7-8,10-12H2,1-2H3,(H2,31,32,33,34)/t15-,16+,17?/m1/s1. The third-order valence-corrected chi connectivity index (χ3v) is 7.19. The summed E-state index contributed by atoms with van der Waals surface area (Å²) in [6.45, 7) is 5.32. The molecule has 1 unspecified atom stereocenters. The van der Waals surface area contributed by atoms with E-state index in [-0.39, 0.29) is 47.1 Å². The largest absolute Gasteiger partial charge is 0.418 e. The smallest absolute Gasteiger partial charge is 0.390 e. The molecule has 0 amide bonds. The van der Waals surface area contributed by atoms with Gasteiger partial charge in [0.1, 0.15) is 0 Å². The van der Waals surface area contributed by atoms with Crippen molar-refractivity contribution in [2.75, 3.05) is 34.9 Å². The van der Waals surface area contributed by atoms with Crippen LogP contribution in [0.25, 0.3) is 0 Å². The number of benzene rings is 1. The van der Waals surface area contributed by atoms with Crippen LogP contribution in [0.2, 0.25) is 0 Å². The van der Waals surface area contributed by atoms with Gasteiger partial charge in [-0.2, -0.15) is 18.2 Å². The number of anilines is 4. The first kappa shape index (κ1) is 26.7. The van der Waals surface area contributed by atoms with Crippen LogP contribution in [0.5, 0.6) is 0 Å². The Morgan fingerprint density at radius 2 is 2.08 bits per heavy atom. The number of aliphatic hydroxyl groups excluding tert-OH is 1. The van der Waals surface area contributed by atoms with Crippen molar-refractivity contribution in [3.63, 3.8) is 0 Å². The Hall–Kier alpha value is -2.37. The van der Waals surface area contributed by atoms with E-state index >= 15 is 0 Å². The van der Waals surface area contributed by atoms with E-state index in [1.165, 1.54) is 12.1 Å². The third kappa shape index (κ3) is 6.12. The average molecular weight is 531 g/mol. The number of fused-ring (bicyclic) bond motifs is 1. The first-order chi connectivity index (χ1) is 17.0. The molecule has 2 saturated heterocycles. The Balaban J connectivity index is 1.50. The molecule has 2 fully saturated rings. The SMILES string of the molecule is CC1(C)C[C@H](Nc2nc(Nc3ccc(NCC(O)CCl)c(C(F)(F)F)c3)ncc2F)C[C@@H]2CCCN21. The van der Waals surface area contributed by atoms with Crippen molar-refractivity contribution >= 4 is 34.7 Å². The maximum absolute atomic E-state index is 14.6. The van der Waals surface area contributed by atoms with Crippen molar-refractivity contribution in [1.29, 1.82) is 0 Å². The Kier molecular flexibility index (Phi) is 7.82. The highest BCUT2D eigenvalue weighted by Gasteiger charge is 2.43. The lowest BCUT2D eigenvalue weighted by Crippen LogP contribution is -2.55. The van der Waals surface area contributed by atoms with Gasteiger partial charge in [0.15, 0.2) is 11.6 Å². The highest BCUT2D eigenvalue weighted by Crippen LogP contribution is 2.39. The van der Waals surface area contributed by atoms with Gasteiger partial charge in [-0.3, -0.25) is 4.90 Å². The molecule has 198 valence electrons. The summed E-state index contributed by atoms with van der Waals surface area (Å²) in [4.78, 5) is 10.6. The van der Waals surface area contributed by atoms with Crippen LogP contribution in [0.1, 0.15) is 45.1 Å². The molecule has 0 radical (unpaired) electrons. The highest BCUT2D eigenvalue weighted by molar-refractivity contribution is 6.18. The van der Waals surface area contributed by atoms with E-state index in [2.05, 4.69) is 44.7 Å².